The molecule has 1 spiro atoms. The molecule has 4 fully saturated rings. The Hall–Kier alpha value is -4.20. The van der Waals surface area contributed by atoms with E-state index in [0.29, 0.717) is 28.5 Å². The summed E-state index contributed by atoms with van der Waals surface area (Å²) in [4.78, 5) is 22.9. The van der Waals surface area contributed by atoms with Gasteiger partial charge >= 0.3 is 5.97 Å². The number of anilines is 1. The van der Waals surface area contributed by atoms with Gasteiger partial charge < -0.3 is 19.3 Å². The van der Waals surface area contributed by atoms with Gasteiger partial charge in [-0.3, -0.25) is 4.98 Å². The number of benzene rings is 1. The fourth-order valence-corrected chi connectivity index (χ4v) is 6.92. The van der Waals surface area contributed by atoms with Crippen molar-refractivity contribution in [2.45, 2.75) is 63.9 Å². The molecule has 8 rings (SSSR count). The minimum Gasteiger partial charge on any atom is -0.490 e. The zero-order chi connectivity index (χ0) is 28.4. The Kier molecular flexibility index (Phi) is 5.88. The van der Waals surface area contributed by atoms with Crippen molar-refractivity contribution in [2.75, 3.05) is 18.0 Å². The van der Waals surface area contributed by atoms with Gasteiger partial charge in [0.2, 0.25) is 0 Å². The van der Waals surface area contributed by atoms with Gasteiger partial charge in [0.1, 0.15) is 17.2 Å². The molecule has 0 unspecified atom stereocenters. The Balaban J connectivity index is 0.965. The third-order valence-electron chi connectivity index (χ3n) is 9.63. The SMILES string of the molecule is Cc1ncccc1-c1noc(C2CC2)c1/C=C/C1CC2(C1)CN(c1ccc3nc(C(=O)O)cc(OC4CCC4)c3c1)C2. The number of carboxylic acid groups (broad SMARTS) is 1. The van der Waals surface area contributed by atoms with E-state index in [1.165, 1.54) is 25.7 Å². The number of allylic oxidation sites excluding steroid dienone is 1. The molecule has 214 valence electrons. The average Bonchev–Trinajstić information content (AvgIpc) is 3.68. The van der Waals surface area contributed by atoms with E-state index in [2.05, 4.69) is 50.4 Å². The molecule has 42 heavy (non-hydrogen) atoms. The second-order valence-corrected chi connectivity index (χ2v) is 12.8. The van der Waals surface area contributed by atoms with Crippen LogP contribution in [0.2, 0.25) is 0 Å². The maximum Gasteiger partial charge on any atom is 0.354 e. The van der Waals surface area contributed by atoms with E-state index in [1.807, 2.05) is 25.3 Å². The molecule has 8 nitrogen and oxygen atoms in total. The van der Waals surface area contributed by atoms with Crippen LogP contribution in [0, 0.1) is 18.3 Å². The van der Waals surface area contributed by atoms with Gasteiger partial charge in [-0.25, -0.2) is 9.78 Å². The van der Waals surface area contributed by atoms with Gasteiger partial charge in [-0.1, -0.05) is 17.3 Å². The molecule has 4 heterocycles. The summed E-state index contributed by atoms with van der Waals surface area (Å²) >= 11 is 0. The third kappa shape index (κ3) is 4.44. The van der Waals surface area contributed by atoms with Crippen molar-refractivity contribution in [2.24, 2.45) is 11.3 Å². The number of carboxylic acids is 1. The number of carbonyl (C=O) groups is 1. The van der Waals surface area contributed by atoms with Crippen molar-refractivity contribution in [3.8, 4) is 17.0 Å². The normalized spacial score (nSPS) is 20.1. The summed E-state index contributed by atoms with van der Waals surface area (Å²) < 4.78 is 12.1. The molecule has 1 aliphatic heterocycles. The first-order chi connectivity index (χ1) is 20.4. The lowest BCUT2D eigenvalue weighted by Gasteiger charge is -2.59. The lowest BCUT2D eigenvalue weighted by molar-refractivity contribution is 0.0486. The minimum absolute atomic E-state index is 0.0270. The van der Waals surface area contributed by atoms with Gasteiger partial charge in [-0.05, 0) is 88.1 Å². The Morgan fingerprint density at radius 3 is 2.69 bits per heavy atom. The summed E-state index contributed by atoms with van der Waals surface area (Å²) in [5.41, 5.74) is 6.23. The quantitative estimate of drug-likeness (QED) is 0.244. The van der Waals surface area contributed by atoms with Crippen molar-refractivity contribution >= 4 is 28.6 Å². The van der Waals surface area contributed by atoms with Crippen molar-refractivity contribution in [3.63, 3.8) is 0 Å². The van der Waals surface area contributed by atoms with Gasteiger partial charge in [0.15, 0.2) is 5.69 Å². The number of fused-ring (bicyclic) bond motifs is 1. The molecule has 0 bridgehead atoms. The van der Waals surface area contributed by atoms with E-state index in [1.54, 1.807) is 6.07 Å². The first-order valence-electron chi connectivity index (χ1n) is 15.1. The molecule has 0 amide bonds. The summed E-state index contributed by atoms with van der Waals surface area (Å²) in [6, 6.07) is 11.7. The number of aromatic carboxylic acids is 1. The molecule has 4 aliphatic rings. The Labute approximate surface area is 244 Å². The number of hydrogen-bond donors (Lipinski definition) is 1. The number of hydrogen-bond acceptors (Lipinski definition) is 7. The number of pyridine rings is 2. The molecule has 3 aromatic heterocycles. The zero-order valence-corrected chi connectivity index (χ0v) is 23.8. The van der Waals surface area contributed by atoms with Crippen LogP contribution in [0.3, 0.4) is 0 Å². The molecule has 0 atom stereocenters. The van der Waals surface area contributed by atoms with E-state index in [9.17, 15) is 9.90 Å². The summed E-state index contributed by atoms with van der Waals surface area (Å²) in [6.45, 7) is 4.08. The Morgan fingerprint density at radius 2 is 1.98 bits per heavy atom. The summed E-state index contributed by atoms with van der Waals surface area (Å²) in [5.74, 6) is 1.66. The lowest BCUT2D eigenvalue weighted by Crippen LogP contribution is -2.62. The molecule has 1 N–H and O–H groups in total. The molecule has 8 heteroatoms. The number of rotatable bonds is 8. The highest BCUT2D eigenvalue weighted by molar-refractivity contribution is 5.94. The molecule has 3 saturated carbocycles. The summed E-state index contributed by atoms with van der Waals surface area (Å²) in [5, 5.41) is 14.9. The molecule has 1 saturated heterocycles. The maximum absolute atomic E-state index is 11.7. The number of nitrogens with zero attached hydrogens (tertiary/aromatic N) is 4. The molecule has 0 radical (unpaired) electrons. The second kappa shape index (κ2) is 9.68. The fourth-order valence-electron chi connectivity index (χ4n) is 6.92. The maximum atomic E-state index is 11.7. The Morgan fingerprint density at radius 1 is 1.14 bits per heavy atom. The van der Waals surface area contributed by atoms with Gasteiger partial charge in [-0.15, -0.1) is 0 Å². The molecule has 3 aliphatic carbocycles. The van der Waals surface area contributed by atoms with Crippen LogP contribution in [0.15, 0.2) is 53.2 Å². The molecule has 4 aromatic rings. The van der Waals surface area contributed by atoms with Crippen LogP contribution < -0.4 is 9.64 Å². The highest BCUT2D eigenvalue weighted by Crippen LogP contribution is 2.54. The van der Waals surface area contributed by atoms with Crippen molar-refractivity contribution in [1.29, 1.82) is 0 Å². The predicted octanol–water partition coefficient (Wildman–Crippen LogP) is 7.03. The van der Waals surface area contributed by atoms with Crippen LogP contribution >= 0.6 is 0 Å². The second-order valence-electron chi connectivity index (χ2n) is 12.8. The molecule has 1 aromatic carbocycles. The van der Waals surface area contributed by atoms with E-state index in [-0.39, 0.29) is 11.8 Å². The van der Waals surface area contributed by atoms with E-state index in [0.717, 1.165) is 71.7 Å². The monoisotopic (exact) mass is 562 g/mol. The smallest absolute Gasteiger partial charge is 0.354 e. The van der Waals surface area contributed by atoms with Crippen LogP contribution in [0.5, 0.6) is 5.75 Å². The lowest BCUT2D eigenvalue weighted by atomic mass is 9.57. The standard InChI is InChI=1S/C34H34N4O4/c1-20-25(6-3-13-35-20)31-26(32(42-37-31)22-8-9-22)11-7-21-16-34(17-21)18-38(19-34)23-10-12-28-27(14-23)30(41-24-4-2-5-24)15-29(36-28)33(39)40/h3,6-7,10-15,21-22,24H,2,4-5,8-9,16-19H2,1H3,(H,39,40)/b11-7+. The van der Waals surface area contributed by atoms with Gasteiger partial charge in [0.05, 0.1) is 11.6 Å². The predicted molar refractivity (Wildman–Crippen MR) is 160 cm³/mol. The fraction of sp³-hybridized carbons (Fsp3) is 0.412. The van der Waals surface area contributed by atoms with Crippen LogP contribution in [0.25, 0.3) is 28.2 Å². The largest absolute Gasteiger partial charge is 0.490 e. The van der Waals surface area contributed by atoms with Crippen molar-refractivity contribution in [1.82, 2.24) is 15.1 Å². The van der Waals surface area contributed by atoms with Crippen molar-refractivity contribution in [3.05, 3.63) is 71.4 Å². The van der Waals surface area contributed by atoms with Gasteiger partial charge in [-0.2, -0.15) is 0 Å². The van der Waals surface area contributed by atoms with E-state index >= 15 is 0 Å². The topological polar surface area (TPSA) is 102 Å². The zero-order valence-electron chi connectivity index (χ0n) is 23.8. The van der Waals surface area contributed by atoms with Crippen LogP contribution in [-0.2, 0) is 0 Å². The number of aryl methyl sites for hydroxylation is 1. The van der Waals surface area contributed by atoms with Gasteiger partial charge in [0, 0.05) is 64.6 Å². The van der Waals surface area contributed by atoms with Crippen molar-refractivity contribution < 1.29 is 19.2 Å². The van der Waals surface area contributed by atoms with Crippen LogP contribution in [0.1, 0.15) is 78.4 Å². The first kappa shape index (κ1) is 25.5. The molecular weight excluding hydrogens is 528 g/mol. The third-order valence-corrected chi connectivity index (χ3v) is 9.63. The minimum atomic E-state index is -1.03. The van der Waals surface area contributed by atoms with Crippen LogP contribution in [0.4, 0.5) is 5.69 Å². The summed E-state index contributed by atoms with van der Waals surface area (Å²) in [7, 11) is 0. The van der Waals surface area contributed by atoms with E-state index < -0.39 is 5.97 Å². The highest BCUT2D eigenvalue weighted by Gasteiger charge is 2.51. The van der Waals surface area contributed by atoms with E-state index in [4.69, 9.17) is 9.26 Å². The first-order valence-corrected chi connectivity index (χ1v) is 15.1. The number of ether oxygens (including phenoxy) is 1. The van der Waals surface area contributed by atoms with Crippen LogP contribution in [-0.4, -0.2) is 45.4 Å². The molecular formula is C34H34N4O4. The average molecular weight is 563 g/mol. The summed E-state index contributed by atoms with van der Waals surface area (Å²) in [6.07, 6.45) is 14.5. The Bertz CT molecular complexity index is 1720. The number of aromatic nitrogens is 3. The van der Waals surface area contributed by atoms with Gasteiger partial charge in [0.25, 0.3) is 0 Å². The highest BCUT2D eigenvalue weighted by atomic mass is 16.5.